The molecule has 214 valence electrons. The fourth-order valence-electron chi connectivity index (χ4n) is 5.57. The van der Waals surface area contributed by atoms with Crippen LogP contribution in [0.15, 0.2) is 49.2 Å². The largest absolute Gasteiger partial charge is 0.464 e. The minimum absolute atomic E-state index is 0.0503. The molecule has 0 atom stereocenters. The highest BCUT2D eigenvalue weighted by Gasteiger charge is 2.37. The third kappa shape index (κ3) is 5.35. The van der Waals surface area contributed by atoms with Crippen molar-refractivity contribution in [2.45, 2.75) is 32.6 Å². The Morgan fingerprint density at radius 1 is 0.951 bits per heavy atom. The minimum atomic E-state index is -4.44. The number of pyridine rings is 1. The number of amides is 1. The van der Waals surface area contributed by atoms with Crippen LogP contribution in [0.2, 0.25) is 0 Å². The Morgan fingerprint density at radius 2 is 1.73 bits per heavy atom. The number of benzene rings is 1. The van der Waals surface area contributed by atoms with E-state index in [-0.39, 0.29) is 24.9 Å². The number of hydrogen-bond donors (Lipinski definition) is 0. The van der Waals surface area contributed by atoms with Crippen molar-refractivity contribution in [1.29, 1.82) is 0 Å². The number of nitrogens with zero attached hydrogens (tertiary/aromatic N) is 8. The number of piperazine rings is 1. The molecular formula is C28H29F3N8O2. The first-order valence-corrected chi connectivity index (χ1v) is 13.5. The van der Waals surface area contributed by atoms with Gasteiger partial charge in [0, 0.05) is 51.2 Å². The number of rotatable bonds is 6. The van der Waals surface area contributed by atoms with Crippen LogP contribution in [-0.4, -0.2) is 74.6 Å². The molecule has 41 heavy (non-hydrogen) atoms. The summed E-state index contributed by atoms with van der Waals surface area (Å²) in [5, 5.41) is 0. The van der Waals surface area contributed by atoms with Gasteiger partial charge in [0.15, 0.2) is 5.65 Å². The second-order valence-electron chi connectivity index (χ2n) is 10.0. The molecule has 5 heterocycles. The molecular weight excluding hydrogens is 537 g/mol. The smallest absolute Gasteiger partial charge is 0.416 e. The number of aromatic nitrogens is 5. The standard InChI is InChI=1S/C28H29F3N8O2/c1-2-41-27-33-14-19(15-34-27)38-9-7-20-21(16-38)24(6-5-22(20)28(29,30)31)36-10-12-37(13-11-36)25(40)17-39-18-35-23-4-3-8-32-26(23)39/h3-6,8,14-15,18H,2,7,9-13,16-17H2,1H3. The molecule has 0 saturated carbocycles. The van der Waals surface area contributed by atoms with Crippen LogP contribution >= 0.6 is 0 Å². The molecule has 0 aliphatic carbocycles. The number of carbonyl (C=O) groups is 1. The van der Waals surface area contributed by atoms with Gasteiger partial charge in [0.25, 0.3) is 0 Å². The maximum atomic E-state index is 14.0. The molecule has 2 aliphatic rings. The third-order valence-corrected chi connectivity index (χ3v) is 7.60. The zero-order valence-corrected chi connectivity index (χ0v) is 22.5. The molecule has 3 aromatic heterocycles. The quantitative estimate of drug-likeness (QED) is 0.350. The van der Waals surface area contributed by atoms with Crippen molar-refractivity contribution in [2.24, 2.45) is 0 Å². The van der Waals surface area contributed by atoms with E-state index in [9.17, 15) is 18.0 Å². The van der Waals surface area contributed by atoms with E-state index in [4.69, 9.17) is 4.74 Å². The van der Waals surface area contributed by atoms with Crippen LogP contribution in [0.3, 0.4) is 0 Å². The van der Waals surface area contributed by atoms with Crippen LogP contribution in [0.5, 0.6) is 6.01 Å². The molecule has 4 aromatic rings. The van der Waals surface area contributed by atoms with E-state index in [1.807, 2.05) is 17.9 Å². The summed E-state index contributed by atoms with van der Waals surface area (Å²) in [6.07, 6.45) is 2.36. The van der Waals surface area contributed by atoms with E-state index >= 15 is 0 Å². The molecule has 2 aliphatic heterocycles. The fraction of sp³-hybridized carbons (Fsp3) is 0.393. The van der Waals surface area contributed by atoms with Gasteiger partial charge < -0.3 is 24.0 Å². The van der Waals surface area contributed by atoms with Crippen molar-refractivity contribution in [3.8, 4) is 6.01 Å². The summed E-state index contributed by atoms with van der Waals surface area (Å²) in [6, 6.07) is 6.67. The van der Waals surface area contributed by atoms with E-state index in [2.05, 4.69) is 24.8 Å². The van der Waals surface area contributed by atoms with E-state index in [0.29, 0.717) is 62.6 Å². The van der Waals surface area contributed by atoms with E-state index < -0.39 is 11.7 Å². The second-order valence-corrected chi connectivity index (χ2v) is 10.0. The Balaban J connectivity index is 1.20. The van der Waals surface area contributed by atoms with E-state index in [1.165, 1.54) is 6.07 Å². The molecule has 0 unspecified atom stereocenters. The fourth-order valence-corrected chi connectivity index (χ4v) is 5.57. The number of imidazole rings is 1. The summed E-state index contributed by atoms with van der Waals surface area (Å²) in [6.45, 7) is 5.07. The Hall–Kier alpha value is -4.42. The molecule has 1 amide bonds. The van der Waals surface area contributed by atoms with Crippen LogP contribution in [0.25, 0.3) is 11.2 Å². The van der Waals surface area contributed by atoms with Crippen LogP contribution in [-0.2, 0) is 30.5 Å². The minimum Gasteiger partial charge on any atom is -0.464 e. The van der Waals surface area contributed by atoms with Crippen molar-refractivity contribution in [3.63, 3.8) is 0 Å². The number of hydrogen-bond acceptors (Lipinski definition) is 8. The Labute approximate surface area is 234 Å². The lowest BCUT2D eigenvalue weighted by atomic mass is 9.91. The maximum Gasteiger partial charge on any atom is 0.416 e. The summed E-state index contributed by atoms with van der Waals surface area (Å²) in [7, 11) is 0. The van der Waals surface area contributed by atoms with Crippen molar-refractivity contribution >= 4 is 28.4 Å². The van der Waals surface area contributed by atoms with Crippen LogP contribution in [0.1, 0.15) is 23.6 Å². The summed E-state index contributed by atoms with van der Waals surface area (Å²) in [5.74, 6) is -0.0503. The first-order valence-electron chi connectivity index (χ1n) is 13.5. The lowest BCUT2D eigenvalue weighted by Crippen LogP contribution is -2.50. The number of halogens is 3. The SMILES string of the molecule is CCOc1ncc(N2CCc3c(C(F)(F)F)ccc(N4CCN(C(=O)Cn5cnc6cccnc65)CC4)c3C2)cn1. The summed E-state index contributed by atoms with van der Waals surface area (Å²) in [5.41, 5.74) is 3.25. The van der Waals surface area contributed by atoms with Crippen molar-refractivity contribution in [3.05, 3.63) is 65.9 Å². The number of carbonyl (C=O) groups excluding carboxylic acids is 1. The van der Waals surface area contributed by atoms with Crippen LogP contribution in [0, 0.1) is 0 Å². The maximum absolute atomic E-state index is 14.0. The topological polar surface area (TPSA) is 92.5 Å². The summed E-state index contributed by atoms with van der Waals surface area (Å²) >= 11 is 0. The van der Waals surface area contributed by atoms with Gasteiger partial charge in [-0.05, 0) is 48.7 Å². The Kier molecular flexibility index (Phi) is 7.10. The lowest BCUT2D eigenvalue weighted by Gasteiger charge is -2.40. The molecule has 10 nitrogen and oxygen atoms in total. The van der Waals surface area contributed by atoms with Gasteiger partial charge in [0.1, 0.15) is 12.1 Å². The van der Waals surface area contributed by atoms with Crippen LogP contribution < -0.4 is 14.5 Å². The third-order valence-electron chi connectivity index (χ3n) is 7.60. The molecule has 0 spiro atoms. The Morgan fingerprint density at radius 3 is 2.46 bits per heavy atom. The van der Waals surface area contributed by atoms with Gasteiger partial charge in [-0.2, -0.15) is 13.2 Å². The number of anilines is 2. The predicted octanol–water partition coefficient (Wildman–Crippen LogP) is 3.55. The molecule has 13 heteroatoms. The normalized spacial score (nSPS) is 15.8. The molecule has 0 radical (unpaired) electrons. The number of ether oxygens (including phenoxy) is 1. The van der Waals surface area contributed by atoms with Gasteiger partial charge in [-0.25, -0.2) is 19.9 Å². The van der Waals surface area contributed by atoms with E-state index in [1.54, 1.807) is 46.5 Å². The first kappa shape index (κ1) is 26.8. The highest BCUT2D eigenvalue weighted by molar-refractivity contribution is 5.79. The molecule has 1 fully saturated rings. The summed E-state index contributed by atoms with van der Waals surface area (Å²) < 4.78 is 48.9. The highest BCUT2D eigenvalue weighted by atomic mass is 19.4. The van der Waals surface area contributed by atoms with Crippen molar-refractivity contribution in [2.75, 3.05) is 49.1 Å². The second kappa shape index (κ2) is 10.9. The van der Waals surface area contributed by atoms with Crippen molar-refractivity contribution < 1.29 is 22.7 Å². The van der Waals surface area contributed by atoms with Gasteiger partial charge in [-0.1, -0.05) is 0 Å². The first-order chi connectivity index (χ1) is 19.8. The number of fused-ring (bicyclic) bond motifs is 2. The van der Waals surface area contributed by atoms with Gasteiger partial charge in [0.2, 0.25) is 5.91 Å². The zero-order chi connectivity index (χ0) is 28.6. The predicted molar refractivity (Wildman–Crippen MR) is 146 cm³/mol. The van der Waals surface area contributed by atoms with E-state index in [0.717, 1.165) is 16.9 Å². The molecule has 1 aromatic carbocycles. The Bertz CT molecular complexity index is 1550. The van der Waals surface area contributed by atoms with Gasteiger partial charge in [-0.15, -0.1) is 0 Å². The van der Waals surface area contributed by atoms with Gasteiger partial charge in [-0.3, -0.25) is 4.79 Å². The lowest BCUT2D eigenvalue weighted by molar-refractivity contribution is -0.138. The molecule has 6 rings (SSSR count). The highest BCUT2D eigenvalue weighted by Crippen LogP contribution is 2.40. The van der Waals surface area contributed by atoms with Gasteiger partial charge in [0.05, 0.1) is 36.6 Å². The van der Waals surface area contributed by atoms with Crippen molar-refractivity contribution in [1.82, 2.24) is 29.4 Å². The monoisotopic (exact) mass is 566 g/mol. The average molecular weight is 567 g/mol. The number of alkyl halides is 3. The molecule has 1 saturated heterocycles. The van der Waals surface area contributed by atoms with Crippen LogP contribution in [0.4, 0.5) is 24.5 Å². The summed E-state index contributed by atoms with van der Waals surface area (Å²) in [4.78, 5) is 36.0. The molecule has 0 N–H and O–H groups in total. The van der Waals surface area contributed by atoms with Gasteiger partial charge >= 0.3 is 12.2 Å². The average Bonchev–Trinajstić information content (AvgIpc) is 3.39. The molecule has 0 bridgehead atoms. The zero-order valence-electron chi connectivity index (χ0n) is 22.5.